The lowest BCUT2D eigenvalue weighted by atomic mass is 10.1. The van der Waals surface area contributed by atoms with Gasteiger partial charge in [0.2, 0.25) is 0 Å². The van der Waals surface area contributed by atoms with Crippen molar-refractivity contribution in [3.63, 3.8) is 0 Å². The Morgan fingerprint density at radius 1 is 1.21 bits per heavy atom. The highest BCUT2D eigenvalue weighted by molar-refractivity contribution is 5.42. The van der Waals surface area contributed by atoms with Crippen LogP contribution in [0.2, 0.25) is 0 Å². The van der Waals surface area contributed by atoms with Crippen molar-refractivity contribution in [2.45, 2.75) is 39.3 Å². The van der Waals surface area contributed by atoms with E-state index in [0.717, 1.165) is 17.1 Å². The molecule has 108 valence electrons. The molecule has 1 aromatic rings. The summed E-state index contributed by atoms with van der Waals surface area (Å²) in [5.74, 6) is 1.52. The minimum atomic E-state index is -0.151. The Morgan fingerprint density at radius 3 is 2.42 bits per heavy atom. The zero-order valence-electron chi connectivity index (χ0n) is 12.5. The molecular weight excluding hydrogens is 242 g/mol. The van der Waals surface area contributed by atoms with Gasteiger partial charge in [0.1, 0.15) is 18.1 Å². The second-order valence-corrected chi connectivity index (χ2v) is 5.50. The summed E-state index contributed by atoms with van der Waals surface area (Å²) < 4.78 is 16.6. The molecule has 0 heterocycles. The molecule has 0 spiro atoms. The molecule has 0 aliphatic heterocycles. The van der Waals surface area contributed by atoms with Gasteiger partial charge < -0.3 is 19.9 Å². The highest BCUT2D eigenvalue weighted by Gasteiger charge is 2.12. The van der Waals surface area contributed by atoms with Gasteiger partial charge in [0.15, 0.2) is 0 Å². The fourth-order valence-electron chi connectivity index (χ4n) is 1.64. The molecule has 0 bridgehead atoms. The second-order valence-electron chi connectivity index (χ2n) is 5.50. The monoisotopic (exact) mass is 267 g/mol. The van der Waals surface area contributed by atoms with Crippen molar-refractivity contribution in [2.75, 3.05) is 20.3 Å². The molecule has 0 amide bonds. The van der Waals surface area contributed by atoms with Gasteiger partial charge in [-0.3, -0.25) is 0 Å². The van der Waals surface area contributed by atoms with Crippen LogP contribution in [0, 0.1) is 0 Å². The Balaban J connectivity index is 2.65. The fraction of sp³-hybridized carbons (Fsp3) is 0.600. The van der Waals surface area contributed by atoms with Gasteiger partial charge in [0.25, 0.3) is 0 Å². The number of rotatable bonds is 6. The Bertz CT molecular complexity index is 397. The van der Waals surface area contributed by atoms with E-state index in [4.69, 9.17) is 19.9 Å². The highest BCUT2D eigenvalue weighted by atomic mass is 16.5. The number of hydrogen-bond donors (Lipinski definition) is 1. The maximum absolute atomic E-state index is 5.93. The van der Waals surface area contributed by atoms with Gasteiger partial charge >= 0.3 is 0 Å². The number of nitrogens with two attached hydrogens (primary N) is 1. The largest absolute Gasteiger partial charge is 0.497 e. The first-order chi connectivity index (χ1) is 8.83. The van der Waals surface area contributed by atoms with Crippen LogP contribution in [-0.2, 0) is 4.74 Å². The molecule has 1 atom stereocenters. The average Bonchev–Trinajstić information content (AvgIpc) is 2.33. The van der Waals surface area contributed by atoms with Crippen LogP contribution in [0.15, 0.2) is 18.2 Å². The fourth-order valence-corrected chi connectivity index (χ4v) is 1.64. The molecule has 0 aliphatic rings. The third-order valence-corrected chi connectivity index (χ3v) is 2.59. The van der Waals surface area contributed by atoms with E-state index in [1.807, 2.05) is 45.9 Å². The van der Waals surface area contributed by atoms with Crippen molar-refractivity contribution >= 4 is 0 Å². The van der Waals surface area contributed by atoms with Crippen LogP contribution < -0.4 is 15.2 Å². The minimum absolute atomic E-state index is 0.0792. The predicted octanol–water partition coefficient (Wildman–Crippen LogP) is 2.91. The highest BCUT2D eigenvalue weighted by Crippen LogP contribution is 2.28. The van der Waals surface area contributed by atoms with E-state index in [2.05, 4.69) is 0 Å². The molecule has 0 aliphatic carbocycles. The van der Waals surface area contributed by atoms with Crippen molar-refractivity contribution in [3.05, 3.63) is 23.8 Å². The lowest BCUT2D eigenvalue weighted by Gasteiger charge is -2.20. The summed E-state index contributed by atoms with van der Waals surface area (Å²) in [5.41, 5.74) is 6.75. The molecule has 0 aromatic heterocycles. The van der Waals surface area contributed by atoms with E-state index < -0.39 is 0 Å². The normalized spacial score (nSPS) is 13.2. The van der Waals surface area contributed by atoms with Crippen LogP contribution in [-0.4, -0.2) is 25.9 Å². The average molecular weight is 267 g/mol. The first kappa shape index (κ1) is 15.8. The Labute approximate surface area is 115 Å². The van der Waals surface area contributed by atoms with Crippen LogP contribution in [0.25, 0.3) is 0 Å². The number of methoxy groups -OCH3 is 1. The molecule has 1 unspecified atom stereocenters. The Hall–Kier alpha value is -1.26. The van der Waals surface area contributed by atoms with Crippen LogP contribution in [0.3, 0.4) is 0 Å². The van der Waals surface area contributed by atoms with E-state index in [1.165, 1.54) is 0 Å². The van der Waals surface area contributed by atoms with E-state index in [0.29, 0.717) is 13.2 Å². The van der Waals surface area contributed by atoms with Crippen molar-refractivity contribution in [1.29, 1.82) is 0 Å². The topological polar surface area (TPSA) is 53.7 Å². The summed E-state index contributed by atoms with van der Waals surface area (Å²) in [6.45, 7) is 9.02. The second kappa shape index (κ2) is 6.78. The number of ether oxygens (including phenoxy) is 3. The molecule has 19 heavy (non-hydrogen) atoms. The summed E-state index contributed by atoms with van der Waals surface area (Å²) in [5, 5.41) is 0. The van der Waals surface area contributed by atoms with Gasteiger partial charge in [-0.2, -0.15) is 0 Å². The molecule has 0 radical (unpaired) electrons. The number of hydrogen-bond acceptors (Lipinski definition) is 4. The van der Waals surface area contributed by atoms with Crippen molar-refractivity contribution < 1.29 is 14.2 Å². The van der Waals surface area contributed by atoms with Crippen LogP contribution in [0.5, 0.6) is 11.5 Å². The zero-order chi connectivity index (χ0) is 14.5. The van der Waals surface area contributed by atoms with Gasteiger partial charge in [-0.15, -0.1) is 0 Å². The molecular formula is C15H25NO3. The maximum Gasteiger partial charge on any atom is 0.127 e. The minimum Gasteiger partial charge on any atom is -0.497 e. The zero-order valence-corrected chi connectivity index (χ0v) is 12.5. The Kier molecular flexibility index (Phi) is 5.63. The molecule has 2 N–H and O–H groups in total. The lowest BCUT2D eigenvalue weighted by molar-refractivity contribution is -0.0164. The maximum atomic E-state index is 5.93. The Morgan fingerprint density at radius 2 is 1.89 bits per heavy atom. The van der Waals surface area contributed by atoms with E-state index in [1.54, 1.807) is 7.11 Å². The summed E-state index contributed by atoms with van der Waals surface area (Å²) >= 11 is 0. The van der Waals surface area contributed by atoms with Crippen molar-refractivity contribution in [3.8, 4) is 11.5 Å². The molecule has 0 fully saturated rings. The van der Waals surface area contributed by atoms with Crippen molar-refractivity contribution in [2.24, 2.45) is 5.73 Å². The van der Waals surface area contributed by atoms with E-state index in [-0.39, 0.29) is 11.6 Å². The van der Waals surface area contributed by atoms with Gasteiger partial charge in [0.05, 0.1) is 19.3 Å². The van der Waals surface area contributed by atoms with Crippen molar-refractivity contribution in [1.82, 2.24) is 0 Å². The quantitative estimate of drug-likeness (QED) is 0.805. The smallest absolute Gasteiger partial charge is 0.127 e. The van der Waals surface area contributed by atoms with Gasteiger partial charge in [-0.05, 0) is 33.8 Å². The van der Waals surface area contributed by atoms with Crippen LogP contribution in [0.4, 0.5) is 0 Å². The summed E-state index contributed by atoms with van der Waals surface area (Å²) in [6, 6.07) is 5.60. The van der Waals surface area contributed by atoms with E-state index >= 15 is 0 Å². The SMILES string of the molecule is COc1ccc(C(C)N)c(OCCOC(C)(C)C)c1. The van der Waals surface area contributed by atoms with Gasteiger partial charge in [0, 0.05) is 17.7 Å². The summed E-state index contributed by atoms with van der Waals surface area (Å²) in [6.07, 6.45) is 0. The van der Waals surface area contributed by atoms with Crippen LogP contribution >= 0.6 is 0 Å². The molecule has 0 saturated heterocycles. The molecule has 4 heteroatoms. The third-order valence-electron chi connectivity index (χ3n) is 2.59. The third kappa shape index (κ3) is 5.49. The molecule has 1 rings (SSSR count). The number of benzene rings is 1. The standard InChI is InChI=1S/C15H25NO3/c1-11(16)13-7-6-12(17-5)10-14(13)18-8-9-19-15(2,3)4/h6-7,10-11H,8-9,16H2,1-5H3. The first-order valence-corrected chi connectivity index (χ1v) is 6.54. The predicted molar refractivity (Wildman–Crippen MR) is 76.8 cm³/mol. The van der Waals surface area contributed by atoms with Gasteiger partial charge in [-0.1, -0.05) is 6.07 Å². The summed E-state index contributed by atoms with van der Waals surface area (Å²) in [7, 11) is 1.63. The molecule has 1 aromatic carbocycles. The molecule has 0 saturated carbocycles. The lowest BCUT2D eigenvalue weighted by Crippen LogP contribution is -2.22. The first-order valence-electron chi connectivity index (χ1n) is 6.54. The summed E-state index contributed by atoms with van der Waals surface area (Å²) in [4.78, 5) is 0. The van der Waals surface area contributed by atoms with Crippen LogP contribution in [0.1, 0.15) is 39.3 Å². The van der Waals surface area contributed by atoms with Gasteiger partial charge in [-0.25, -0.2) is 0 Å². The molecule has 4 nitrogen and oxygen atoms in total. The van der Waals surface area contributed by atoms with E-state index in [9.17, 15) is 0 Å².